The Balaban J connectivity index is 1.85. The number of benzene rings is 2. The van der Waals surface area contributed by atoms with Crippen molar-refractivity contribution in [1.82, 2.24) is 0 Å². The Hall–Kier alpha value is -3.82. The van der Waals surface area contributed by atoms with Crippen LogP contribution in [0.1, 0.15) is 34.2 Å². The SMILES string of the molecule is CCOC(=O)c1cc(-c2ccc(/C=C(\C#N)C(=O)Nc3cc(C)ccc3C)o2)ccc1Cl. The largest absolute Gasteiger partial charge is 0.462 e. The molecule has 3 rings (SSSR count). The molecular weight excluding hydrogens is 428 g/mol. The molecule has 0 unspecified atom stereocenters. The van der Waals surface area contributed by atoms with Crippen molar-refractivity contribution in [3.8, 4) is 17.4 Å². The highest BCUT2D eigenvalue weighted by Gasteiger charge is 2.16. The minimum Gasteiger partial charge on any atom is -0.462 e. The zero-order valence-corrected chi connectivity index (χ0v) is 18.6. The summed E-state index contributed by atoms with van der Waals surface area (Å²) < 4.78 is 10.8. The fourth-order valence-electron chi connectivity index (χ4n) is 2.98. The Bertz CT molecular complexity index is 1250. The third-order valence-corrected chi connectivity index (χ3v) is 5.00. The number of anilines is 1. The predicted molar refractivity (Wildman–Crippen MR) is 123 cm³/mol. The molecule has 1 heterocycles. The summed E-state index contributed by atoms with van der Waals surface area (Å²) in [4.78, 5) is 24.7. The molecule has 1 amide bonds. The number of hydrogen-bond donors (Lipinski definition) is 1. The molecule has 1 N–H and O–H groups in total. The summed E-state index contributed by atoms with van der Waals surface area (Å²) in [5.74, 6) is -0.290. The monoisotopic (exact) mass is 448 g/mol. The summed E-state index contributed by atoms with van der Waals surface area (Å²) in [6, 6.07) is 15.8. The number of halogens is 1. The second kappa shape index (κ2) is 9.99. The maximum Gasteiger partial charge on any atom is 0.339 e. The summed E-state index contributed by atoms with van der Waals surface area (Å²) in [6.45, 7) is 5.74. The maximum absolute atomic E-state index is 12.6. The molecule has 0 aliphatic rings. The van der Waals surface area contributed by atoms with Gasteiger partial charge in [0, 0.05) is 17.3 Å². The van der Waals surface area contributed by atoms with E-state index in [0.717, 1.165) is 11.1 Å². The quantitative estimate of drug-likeness (QED) is 0.286. The van der Waals surface area contributed by atoms with Gasteiger partial charge in [-0.1, -0.05) is 23.7 Å². The van der Waals surface area contributed by atoms with Gasteiger partial charge in [0.2, 0.25) is 0 Å². The molecule has 0 aliphatic carbocycles. The summed E-state index contributed by atoms with van der Waals surface area (Å²) in [7, 11) is 0. The molecule has 0 aliphatic heterocycles. The van der Waals surface area contributed by atoms with Crippen LogP contribution in [0, 0.1) is 25.2 Å². The van der Waals surface area contributed by atoms with Crippen LogP contribution in [0.4, 0.5) is 5.69 Å². The number of esters is 1. The molecule has 32 heavy (non-hydrogen) atoms. The van der Waals surface area contributed by atoms with E-state index in [1.54, 1.807) is 37.3 Å². The van der Waals surface area contributed by atoms with E-state index in [2.05, 4.69) is 5.32 Å². The fourth-order valence-corrected chi connectivity index (χ4v) is 3.18. The first kappa shape index (κ1) is 22.9. The Morgan fingerprint density at radius 2 is 1.94 bits per heavy atom. The summed E-state index contributed by atoms with van der Waals surface area (Å²) in [5, 5.41) is 12.5. The van der Waals surface area contributed by atoms with Gasteiger partial charge in [0.15, 0.2) is 0 Å². The molecule has 1 aromatic heterocycles. The van der Waals surface area contributed by atoms with E-state index in [1.165, 1.54) is 6.08 Å². The average Bonchev–Trinajstić information content (AvgIpc) is 3.23. The summed E-state index contributed by atoms with van der Waals surface area (Å²) >= 11 is 6.11. The van der Waals surface area contributed by atoms with Gasteiger partial charge in [-0.15, -0.1) is 0 Å². The summed E-state index contributed by atoms with van der Waals surface area (Å²) in [6.07, 6.45) is 1.37. The number of ether oxygens (including phenoxy) is 1. The number of hydrogen-bond acceptors (Lipinski definition) is 5. The molecule has 0 fully saturated rings. The van der Waals surface area contributed by atoms with Crippen molar-refractivity contribution in [3.63, 3.8) is 0 Å². The molecule has 2 aromatic carbocycles. The molecule has 0 spiro atoms. The Morgan fingerprint density at radius 1 is 1.16 bits per heavy atom. The Morgan fingerprint density at radius 3 is 2.66 bits per heavy atom. The number of rotatable bonds is 6. The van der Waals surface area contributed by atoms with Gasteiger partial charge in [-0.05, 0) is 68.3 Å². The molecule has 3 aromatic rings. The lowest BCUT2D eigenvalue weighted by molar-refractivity contribution is -0.112. The van der Waals surface area contributed by atoms with Crippen LogP contribution in [0.25, 0.3) is 17.4 Å². The third kappa shape index (κ3) is 5.26. The number of amides is 1. The van der Waals surface area contributed by atoms with Gasteiger partial charge < -0.3 is 14.5 Å². The van der Waals surface area contributed by atoms with Gasteiger partial charge >= 0.3 is 5.97 Å². The maximum atomic E-state index is 12.6. The molecule has 7 heteroatoms. The first-order valence-electron chi connectivity index (χ1n) is 9.89. The van der Waals surface area contributed by atoms with Crippen LogP contribution in [-0.2, 0) is 9.53 Å². The topological polar surface area (TPSA) is 92.3 Å². The molecule has 6 nitrogen and oxygen atoms in total. The second-order valence-electron chi connectivity index (χ2n) is 7.06. The van der Waals surface area contributed by atoms with Crippen molar-refractivity contribution in [3.05, 3.63) is 81.6 Å². The number of nitrogens with one attached hydrogen (secondary N) is 1. The molecule has 162 valence electrons. The Kier molecular flexibility index (Phi) is 7.14. The lowest BCUT2D eigenvalue weighted by Crippen LogP contribution is -2.14. The highest BCUT2D eigenvalue weighted by molar-refractivity contribution is 6.33. The second-order valence-corrected chi connectivity index (χ2v) is 7.47. The van der Waals surface area contributed by atoms with Crippen molar-refractivity contribution in [2.45, 2.75) is 20.8 Å². The minimum atomic E-state index is -0.532. The molecule has 0 atom stereocenters. The molecule has 0 saturated heterocycles. The van der Waals surface area contributed by atoms with E-state index >= 15 is 0 Å². The number of carbonyl (C=O) groups is 2. The first-order chi connectivity index (χ1) is 15.3. The molecule has 0 bridgehead atoms. The highest BCUT2D eigenvalue weighted by Crippen LogP contribution is 2.28. The van der Waals surface area contributed by atoms with Crippen molar-refractivity contribution in [2.75, 3.05) is 11.9 Å². The molecule has 0 radical (unpaired) electrons. The Labute approximate surface area is 191 Å². The smallest absolute Gasteiger partial charge is 0.339 e. The fraction of sp³-hybridized carbons (Fsp3) is 0.160. The normalized spacial score (nSPS) is 11.0. The highest BCUT2D eigenvalue weighted by atomic mass is 35.5. The van der Waals surface area contributed by atoms with Gasteiger partial charge in [-0.3, -0.25) is 4.79 Å². The van der Waals surface area contributed by atoms with Gasteiger partial charge in [0.1, 0.15) is 23.2 Å². The van der Waals surface area contributed by atoms with Crippen molar-refractivity contribution < 1.29 is 18.7 Å². The third-order valence-electron chi connectivity index (χ3n) is 4.67. The number of furan rings is 1. The minimum absolute atomic E-state index is 0.102. The van der Waals surface area contributed by atoms with Crippen LogP contribution in [0.5, 0.6) is 0 Å². The van der Waals surface area contributed by atoms with Crippen LogP contribution in [0.15, 0.2) is 58.5 Å². The van der Waals surface area contributed by atoms with Crippen molar-refractivity contribution >= 4 is 35.2 Å². The summed E-state index contributed by atoms with van der Waals surface area (Å²) in [5.41, 5.74) is 3.26. The van der Waals surface area contributed by atoms with E-state index in [1.807, 2.05) is 38.1 Å². The van der Waals surface area contributed by atoms with E-state index in [9.17, 15) is 14.9 Å². The van der Waals surface area contributed by atoms with Crippen LogP contribution in [0.3, 0.4) is 0 Å². The lowest BCUT2D eigenvalue weighted by Gasteiger charge is -2.08. The van der Waals surface area contributed by atoms with Crippen LogP contribution >= 0.6 is 11.6 Å². The van der Waals surface area contributed by atoms with Crippen molar-refractivity contribution in [2.24, 2.45) is 0 Å². The zero-order chi connectivity index (χ0) is 23.3. The van der Waals surface area contributed by atoms with Gasteiger partial charge in [-0.2, -0.15) is 5.26 Å². The lowest BCUT2D eigenvalue weighted by atomic mass is 10.1. The van der Waals surface area contributed by atoms with Crippen LogP contribution < -0.4 is 5.32 Å². The standard InChI is InChI=1S/C25H21ClN2O4/c1-4-31-25(30)20-13-17(7-9-21(20)26)23-10-8-19(32-23)12-18(14-27)24(29)28-22-11-15(2)5-6-16(22)3/h5-13H,4H2,1-3H3,(H,28,29)/b18-12+. The van der Waals surface area contributed by atoms with E-state index < -0.39 is 11.9 Å². The zero-order valence-electron chi connectivity index (χ0n) is 17.9. The van der Waals surface area contributed by atoms with Gasteiger partial charge in [-0.25, -0.2) is 4.79 Å². The number of aryl methyl sites for hydroxylation is 2. The number of nitriles is 1. The van der Waals surface area contributed by atoms with Crippen molar-refractivity contribution in [1.29, 1.82) is 5.26 Å². The number of nitrogens with zero attached hydrogens (tertiary/aromatic N) is 1. The predicted octanol–water partition coefficient (Wildman–Crippen LogP) is 5.94. The van der Waals surface area contributed by atoms with E-state index in [4.69, 9.17) is 20.8 Å². The van der Waals surface area contributed by atoms with Crippen LogP contribution in [0.2, 0.25) is 5.02 Å². The van der Waals surface area contributed by atoms with Crippen LogP contribution in [-0.4, -0.2) is 18.5 Å². The average molecular weight is 449 g/mol. The van der Waals surface area contributed by atoms with E-state index in [0.29, 0.717) is 22.8 Å². The number of carbonyl (C=O) groups excluding carboxylic acids is 2. The van der Waals surface area contributed by atoms with Gasteiger partial charge in [0.05, 0.1) is 17.2 Å². The first-order valence-corrected chi connectivity index (χ1v) is 10.3. The van der Waals surface area contributed by atoms with Gasteiger partial charge in [0.25, 0.3) is 5.91 Å². The molecular formula is C25H21ClN2O4. The van der Waals surface area contributed by atoms with E-state index in [-0.39, 0.29) is 22.8 Å². The molecule has 0 saturated carbocycles.